The van der Waals surface area contributed by atoms with Crippen LogP contribution in [0.3, 0.4) is 0 Å². The Morgan fingerprint density at radius 2 is 2.00 bits per heavy atom. The predicted octanol–water partition coefficient (Wildman–Crippen LogP) is 0.299. The molecule has 2 unspecified atom stereocenters. The van der Waals surface area contributed by atoms with Crippen LogP contribution in [0.15, 0.2) is 0 Å². The van der Waals surface area contributed by atoms with Gasteiger partial charge in [-0.2, -0.15) is 0 Å². The van der Waals surface area contributed by atoms with E-state index >= 15 is 0 Å². The first-order valence-electron chi connectivity index (χ1n) is 5.60. The Balaban J connectivity index is 4.03. The monoisotopic (exact) mass is 218 g/mol. The molecule has 0 aliphatic rings. The molecule has 3 N–H and O–H groups in total. The number of nitrogens with two attached hydrogens (primary N) is 1. The van der Waals surface area contributed by atoms with E-state index in [2.05, 4.69) is 18.7 Å². The van der Waals surface area contributed by atoms with Gasteiger partial charge in [0.15, 0.2) is 0 Å². The number of hydrogen-bond acceptors (Lipinski definition) is 4. The van der Waals surface area contributed by atoms with Gasteiger partial charge in [-0.3, -0.25) is 4.90 Å². The van der Waals surface area contributed by atoms with E-state index in [-0.39, 0.29) is 18.7 Å². The fourth-order valence-corrected chi connectivity index (χ4v) is 1.62. The van der Waals surface area contributed by atoms with Crippen molar-refractivity contribution in [2.75, 3.05) is 33.9 Å². The van der Waals surface area contributed by atoms with Gasteiger partial charge in [-0.1, -0.05) is 13.8 Å². The minimum absolute atomic E-state index is 0.0162. The van der Waals surface area contributed by atoms with E-state index in [1.165, 1.54) is 0 Å². The third-order valence-electron chi connectivity index (χ3n) is 2.83. The van der Waals surface area contributed by atoms with Crippen molar-refractivity contribution in [3.05, 3.63) is 0 Å². The minimum Gasteiger partial charge on any atom is -0.395 e. The molecule has 4 heteroatoms. The lowest BCUT2D eigenvalue weighted by atomic mass is 9.97. The summed E-state index contributed by atoms with van der Waals surface area (Å²) >= 11 is 0. The topological polar surface area (TPSA) is 58.7 Å². The summed E-state index contributed by atoms with van der Waals surface area (Å²) in [5.74, 6) is 0.382. The van der Waals surface area contributed by atoms with Gasteiger partial charge in [0.25, 0.3) is 0 Å². The summed E-state index contributed by atoms with van der Waals surface area (Å²) in [6.07, 6.45) is 0.967. The molecule has 0 rings (SSSR count). The summed E-state index contributed by atoms with van der Waals surface area (Å²) in [6, 6.07) is 0.0596. The highest BCUT2D eigenvalue weighted by Crippen LogP contribution is 2.09. The molecule has 0 aromatic heterocycles. The van der Waals surface area contributed by atoms with E-state index in [0.29, 0.717) is 5.92 Å². The van der Waals surface area contributed by atoms with Crippen LogP contribution in [0, 0.1) is 5.92 Å². The molecule has 0 aromatic rings. The zero-order valence-corrected chi connectivity index (χ0v) is 10.4. The SMILES string of the molecule is COCCCN(C)C(CO)C(N)C(C)C. The van der Waals surface area contributed by atoms with Gasteiger partial charge in [-0.05, 0) is 19.4 Å². The Bertz CT molecular complexity index is 154. The van der Waals surface area contributed by atoms with E-state index in [4.69, 9.17) is 10.5 Å². The van der Waals surface area contributed by atoms with E-state index < -0.39 is 0 Å². The van der Waals surface area contributed by atoms with Crippen molar-refractivity contribution in [1.82, 2.24) is 4.90 Å². The van der Waals surface area contributed by atoms with Gasteiger partial charge in [-0.15, -0.1) is 0 Å². The van der Waals surface area contributed by atoms with Crippen LogP contribution in [-0.2, 0) is 4.74 Å². The largest absolute Gasteiger partial charge is 0.395 e. The molecule has 15 heavy (non-hydrogen) atoms. The van der Waals surface area contributed by atoms with Crippen LogP contribution in [0.2, 0.25) is 0 Å². The average molecular weight is 218 g/mol. The van der Waals surface area contributed by atoms with Gasteiger partial charge in [0.1, 0.15) is 0 Å². The van der Waals surface area contributed by atoms with Crippen molar-refractivity contribution < 1.29 is 9.84 Å². The van der Waals surface area contributed by atoms with Crippen LogP contribution >= 0.6 is 0 Å². The quantitative estimate of drug-likeness (QED) is 0.575. The molecule has 0 aromatic carbocycles. The molecule has 0 spiro atoms. The van der Waals surface area contributed by atoms with E-state index in [9.17, 15) is 5.11 Å². The number of rotatable bonds is 8. The molecular formula is C11H26N2O2. The molecule has 4 nitrogen and oxygen atoms in total. The molecule has 0 amide bonds. The molecule has 0 saturated heterocycles. The van der Waals surface area contributed by atoms with Crippen molar-refractivity contribution in [3.8, 4) is 0 Å². The normalized spacial score (nSPS) is 16.0. The number of ether oxygens (including phenoxy) is 1. The summed E-state index contributed by atoms with van der Waals surface area (Å²) in [5.41, 5.74) is 6.04. The zero-order chi connectivity index (χ0) is 11.8. The maximum absolute atomic E-state index is 9.32. The molecule has 2 atom stereocenters. The number of aliphatic hydroxyl groups excluding tert-OH is 1. The number of aliphatic hydroxyl groups is 1. The van der Waals surface area contributed by atoms with Gasteiger partial charge in [0.05, 0.1) is 6.61 Å². The van der Waals surface area contributed by atoms with Gasteiger partial charge < -0.3 is 15.6 Å². The number of likely N-dealkylation sites (N-methyl/N-ethyl adjacent to an activating group) is 1. The second-order valence-electron chi connectivity index (χ2n) is 4.40. The molecule has 92 valence electrons. The fourth-order valence-electron chi connectivity index (χ4n) is 1.62. The molecule has 0 heterocycles. The van der Waals surface area contributed by atoms with Crippen molar-refractivity contribution in [2.24, 2.45) is 11.7 Å². The van der Waals surface area contributed by atoms with Crippen LogP contribution in [-0.4, -0.2) is 56.0 Å². The second kappa shape index (κ2) is 8.05. The van der Waals surface area contributed by atoms with Gasteiger partial charge in [-0.25, -0.2) is 0 Å². The summed E-state index contributed by atoms with van der Waals surface area (Å²) in [5, 5.41) is 9.32. The lowest BCUT2D eigenvalue weighted by Crippen LogP contribution is -2.51. The predicted molar refractivity (Wildman–Crippen MR) is 62.8 cm³/mol. The van der Waals surface area contributed by atoms with Crippen molar-refractivity contribution >= 4 is 0 Å². The van der Waals surface area contributed by atoms with Crippen LogP contribution in [0.5, 0.6) is 0 Å². The van der Waals surface area contributed by atoms with Crippen LogP contribution in [0.25, 0.3) is 0 Å². The molecule has 0 bridgehead atoms. The van der Waals surface area contributed by atoms with Crippen LogP contribution in [0.4, 0.5) is 0 Å². The molecular weight excluding hydrogens is 192 g/mol. The molecule has 0 saturated carbocycles. The molecule has 0 fully saturated rings. The van der Waals surface area contributed by atoms with Crippen LogP contribution in [0.1, 0.15) is 20.3 Å². The second-order valence-corrected chi connectivity index (χ2v) is 4.40. The number of nitrogens with zero attached hydrogens (tertiary/aromatic N) is 1. The summed E-state index contributed by atoms with van der Waals surface area (Å²) < 4.78 is 4.99. The van der Waals surface area contributed by atoms with Crippen LogP contribution < -0.4 is 5.73 Å². The first kappa shape index (κ1) is 14.8. The Labute approximate surface area is 93.4 Å². The van der Waals surface area contributed by atoms with Gasteiger partial charge >= 0.3 is 0 Å². The van der Waals surface area contributed by atoms with E-state index in [1.807, 2.05) is 7.05 Å². The Morgan fingerprint density at radius 1 is 1.40 bits per heavy atom. The average Bonchev–Trinajstić information content (AvgIpc) is 2.19. The fraction of sp³-hybridized carbons (Fsp3) is 1.00. The maximum atomic E-state index is 9.32. The molecule has 0 aliphatic carbocycles. The summed E-state index contributed by atoms with van der Waals surface area (Å²) in [6.45, 7) is 5.92. The highest BCUT2D eigenvalue weighted by Gasteiger charge is 2.23. The third kappa shape index (κ3) is 5.47. The van der Waals surface area contributed by atoms with Gasteiger partial charge in [0.2, 0.25) is 0 Å². The van der Waals surface area contributed by atoms with Crippen molar-refractivity contribution in [2.45, 2.75) is 32.4 Å². The summed E-state index contributed by atoms with van der Waals surface area (Å²) in [7, 11) is 3.70. The third-order valence-corrected chi connectivity index (χ3v) is 2.83. The Hall–Kier alpha value is -0.160. The maximum Gasteiger partial charge on any atom is 0.0601 e. The number of methoxy groups -OCH3 is 1. The zero-order valence-electron chi connectivity index (χ0n) is 10.4. The van der Waals surface area contributed by atoms with E-state index in [1.54, 1.807) is 7.11 Å². The molecule has 0 radical (unpaired) electrons. The Morgan fingerprint density at radius 3 is 2.40 bits per heavy atom. The van der Waals surface area contributed by atoms with Crippen molar-refractivity contribution in [3.63, 3.8) is 0 Å². The molecule has 0 aliphatic heterocycles. The Kier molecular flexibility index (Phi) is 7.96. The standard InChI is InChI=1S/C11H26N2O2/c1-9(2)11(12)10(8-14)13(3)6-5-7-15-4/h9-11,14H,5-8,12H2,1-4H3. The highest BCUT2D eigenvalue weighted by molar-refractivity contribution is 4.82. The lowest BCUT2D eigenvalue weighted by Gasteiger charge is -2.33. The highest BCUT2D eigenvalue weighted by atomic mass is 16.5. The minimum atomic E-state index is 0.0162. The van der Waals surface area contributed by atoms with Crippen molar-refractivity contribution in [1.29, 1.82) is 0 Å². The first-order chi connectivity index (χ1) is 7.04. The number of hydrogen-bond donors (Lipinski definition) is 2. The smallest absolute Gasteiger partial charge is 0.0601 e. The first-order valence-corrected chi connectivity index (χ1v) is 5.60. The van der Waals surface area contributed by atoms with E-state index in [0.717, 1.165) is 19.6 Å². The lowest BCUT2D eigenvalue weighted by molar-refractivity contribution is 0.101. The van der Waals surface area contributed by atoms with Gasteiger partial charge in [0, 0.05) is 32.3 Å². The summed E-state index contributed by atoms with van der Waals surface area (Å²) in [4.78, 5) is 2.11.